The van der Waals surface area contributed by atoms with Crippen LogP contribution in [0.4, 0.5) is 19.0 Å². The highest BCUT2D eigenvalue weighted by Gasteiger charge is 2.38. The first-order valence-electron chi connectivity index (χ1n) is 10.5. The van der Waals surface area contributed by atoms with Crippen molar-refractivity contribution < 1.29 is 27.5 Å². The number of rotatable bonds is 7. The number of anilines is 1. The van der Waals surface area contributed by atoms with Gasteiger partial charge in [-0.1, -0.05) is 13.8 Å². The quantitative estimate of drug-likeness (QED) is 0.591. The smallest absolute Gasteiger partial charge is 0.453 e. The molecule has 0 aliphatic carbocycles. The van der Waals surface area contributed by atoms with E-state index in [1.165, 1.54) is 13.2 Å². The van der Waals surface area contributed by atoms with Gasteiger partial charge in [0.25, 0.3) is 5.82 Å². The Morgan fingerprint density at radius 3 is 2.50 bits per heavy atom. The van der Waals surface area contributed by atoms with Gasteiger partial charge >= 0.3 is 12.1 Å². The zero-order valence-electron chi connectivity index (χ0n) is 18.3. The van der Waals surface area contributed by atoms with Crippen LogP contribution in [0.15, 0.2) is 12.1 Å². The Morgan fingerprint density at radius 1 is 1.22 bits per heavy atom. The molecule has 0 aromatic carbocycles. The molecule has 32 heavy (non-hydrogen) atoms. The van der Waals surface area contributed by atoms with E-state index in [0.29, 0.717) is 49.4 Å². The van der Waals surface area contributed by atoms with Gasteiger partial charge in [-0.15, -0.1) is 15.3 Å². The number of carbonyl (C=O) groups excluding carboxylic acids is 2. The topological polar surface area (TPSA) is 92.9 Å². The summed E-state index contributed by atoms with van der Waals surface area (Å²) in [6, 6.07) is 3.05. The van der Waals surface area contributed by atoms with Gasteiger partial charge in [-0.25, -0.2) is 0 Å². The fraction of sp³-hybridized carbons (Fsp3) is 0.650. The van der Waals surface area contributed by atoms with Crippen molar-refractivity contribution in [2.24, 2.45) is 11.8 Å². The first-order chi connectivity index (χ1) is 15.1. The highest BCUT2D eigenvalue weighted by atomic mass is 19.4. The van der Waals surface area contributed by atoms with E-state index in [1.807, 2.05) is 18.7 Å². The summed E-state index contributed by atoms with van der Waals surface area (Å²) in [7, 11) is 1.32. The lowest BCUT2D eigenvalue weighted by molar-refractivity contribution is -0.146. The third kappa shape index (κ3) is 5.46. The molecule has 1 fully saturated rings. The van der Waals surface area contributed by atoms with E-state index in [4.69, 9.17) is 0 Å². The molecule has 0 radical (unpaired) electrons. The zero-order valence-corrected chi connectivity index (χ0v) is 18.3. The van der Waals surface area contributed by atoms with Gasteiger partial charge in [0.2, 0.25) is 5.91 Å². The molecular formula is C20H27F3N6O3. The van der Waals surface area contributed by atoms with E-state index in [0.717, 1.165) is 0 Å². The molecule has 1 aliphatic heterocycles. The van der Waals surface area contributed by atoms with E-state index in [2.05, 4.69) is 20.0 Å². The van der Waals surface area contributed by atoms with E-state index < -0.39 is 12.0 Å². The summed E-state index contributed by atoms with van der Waals surface area (Å²) in [5.74, 6) is -1.14. The van der Waals surface area contributed by atoms with Gasteiger partial charge in [0.1, 0.15) is 5.82 Å². The van der Waals surface area contributed by atoms with Crippen LogP contribution in [0.5, 0.6) is 0 Å². The third-order valence-corrected chi connectivity index (χ3v) is 5.38. The summed E-state index contributed by atoms with van der Waals surface area (Å²) in [6.07, 6.45) is -3.44. The number of ether oxygens (including phenoxy) is 1. The average molecular weight is 456 g/mol. The molecular weight excluding hydrogens is 429 g/mol. The highest BCUT2D eigenvalue weighted by molar-refractivity contribution is 5.80. The molecule has 0 unspecified atom stereocenters. The summed E-state index contributed by atoms with van der Waals surface area (Å²) < 4.78 is 44.7. The lowest BCUT2D eigenvalue weighted by Crippen LogP contribution is -2.44. The van der Waals surface area contributed by atoms with Crippen molar-refractivity contribution in [2.45, 2.75) is 39.3 Å². The maximum absolute atomic E-state index is 13.1. The van der Waals surface area contributed by atoms with Crippen molar-refractivity contribution in [3.05, 3.63) is 18.0 Å². The second-order valence-corrected chi connectivity index (χ2v) is 8.25. The summed E-state index contributed by atoms with van der Waals surface area (Å²) >= 11 is 0. The van der Waals surface area contributed by atoms with Crippen LogP contribution in [0.2, 0.25) is 0 Å². The number of amides is 1. The van der Waals surface area contributed by atoms with Crippen LogP contribution >= 0.6 is 0 Å². The van der Waals surface area contributed by atoms with E-state index >= 15 is 0 Å². The van der Waals surface area contributed by atoms with Crippen molar-refractivity contribution in [3.8, 4) is 0 Å². The summed E-state index contributed by atoms with van der Waals surface area (Å²) in [5.41, 5.74) is 0.0149. The number of hydrogen-bond donors (Lipinski definition) is 0. The summed E-state index contributed by atoms with van der Waals surface area (Å²) in [6.45, 7) is 5.81. The van der Waals surface area contributed by atoms with Crippen LogP contribution in [0, 0.1) is 11.8 Å². The Kier molecular flexibility index (Phi) is 7.19. The Hall–Kier alpha value is -2.92. The van der Waals surface area contributed by atoms with Crippen molar-refractivity contribution >= 4 is 23.3 Å². The number of nitrogens with zero attached hydrogens (tertiary/aromatic N) is 6. The first kappa shape index (κ1) is 23.7. The predicted molar refractivity (Wildman–Crippen MR) is 109 cm³/mol. The van der Waals surface area contributed by atoms with Gasteiger partial charge in [0.15, 0.2) is 5.65 Å². The lowest BCUT2D eigenvalue weighted by atomic mass is 9.94. The van der Waals surface area contributed by atoms with Crippen LogP contribution in [0.3, 0.4) is 0 Å². The second-order valence-electron chi connectivity index (χ2n) is 8.25. The molecule has 2 aromatic rings. The fourth-order valence-electron chi connectivity index (χ4n) is 3.80. The largest absolute Gasteiger partial charge is 0.469 e. The highest BCUT2D eigenvalue weighted by Crippen LogP contribution is 2.29. The summed E-state index contributed by atoms with van der Waals surface area (Å²) in [5, 5.41) is 10.8. The molecule has 1 saturated heterocycles. The van der Waals surface area contributed by atoms with Crippen molar-refractivity contribution in [3.63, 3.8) is 0 Å². The molecule has 9 nitrogen and oxygen atoms in total. The number of halogens is 3. The van der Waals surface area contributed by atoms with Crippen LogP contribution in [0.1, 0.15) is 38.9 Å². The average Bonchev–Trinajstić information content (AvgIpc) is 3.19. The minimum Gasteiger partial charge on any atom is -0.469 e. The van der Waals surface area contributed by atoms with E-state index in [9.17, 15) is 22.8 Å². The van der Waals surface area contributed by atoms with Crippen LogP contribution < -0.4 is 4.90 Å². The number of alkyl halides is 3. The van der Waals surface area contributed by atoms with Crippen LogP contribution in [0.25, 0.3) is 5.65 Å². The Morgan fingerprint density at radius 2 is 1.91 bits per heavy atom. The standard InChI is InChI=1S/C20H27F3N6O3/c1-13(2)12-28(11-8-17(30)32-3)18(31)14-6-9-27(10-7-14)16-5-4-15-24-25-19(20(21,22)23)29(15)26-16/h4-5,13-14H,6-12H2,1-3H3. The Balaban J connectivity index is 1.67. The summed E-state index contributed by atoms with van der Waals surface area (Å²) in [4.78, 5) is 28.1. The van der Waals surface area contributed by atoms with Gasteiger partial charge in [-0.2, -0.15) is 17.7 Å². The van der Waals surface area contributed by atoms with Crippen molar-refractivity contribution in [1.29, 1.82) is 0 Å². The van der Waals surface area contributed by atoms with E-state index in [1.54, 1.807) is 11.0 Å². The molecule has 176 valence electrons. The molecule has 3 rings (SSSR count). The number of carbonyl (C=O) groups is 2. The number of piperidine rings is 1. The predicted octanol–water partition coefficient (Wildman–Crippen LogP) is 2.41. The van der Waals surface area contributed by atoms with Crippen molar-refractivity contribution in [1.82, 2.24) is 24.7 Å². The minimum absolute atomic E-state index is 0.0103. The number of methoxy groups -OCH3 is 1. The number of fused-ring (bicyclic) bond motifs is 1. The molecule has 0 N–H and O–H groups in total. The number of hydrogen-bond acceptors (Lipinski definition) is 7. The fourth-order valence-corrected chi connectivity index (χ4v) is 3.80. The molecule has 1 amide bonds. The third-order valence-electron chi connectivity index (χ3n) is 5.38. The molecule has 0 bridgehead atoms. The molecule has 3 heterocycles. The van der Waals surface area contributed by atoms with Gasteiger partial charge in [-0.05, 0) is 30.9 Å². The zero-order chi connectivity index (χ0) is 23.5. The normalized spacial score (nSPS) is 15.4. The maximum atomic E-state index is 13.1. The molecule has 12 heteroatoms. The molecule has 1 aliphatic rings. The van der Waals surface area contributed by atoms with Gasteiger partial charge in [-0.3, -0.25) is 9.59 Å². The van der Waals surface area contributed by atoms with Crippen molar-refractivity contribution in [2.75, 3.05) is 38.2 Å². The first-order valence-corrected chi connectivity index (χ1v) is 10.5. The van der Waals surface area contributed by atoms with Crippen LogP contribution in [-0.4, -0.2) is 69.9 Å². The molecule has 0 atom stereocenters. The number of esters is 1. The lowest BCUT2D eigenvalue weighted by Gasteiger charge is -2.35. The Labute approximate surface area is 183 Å². The monoisotopic (exact) mass is 456 g/mol. The van der Waals surface area contributed by atoms with Gasteiger partial charge in [0.05, 0.1) is 13.5 Å². The molecule has 2 aromatic heterocycles. The SMILES string of the molecule is COC(=O)CCN(CC(C)C)C(=O)C1CCN(c2ccc3nnc(C(F)(F)F)n3n2)CC1. The second kappa shape index (κ2) is 9.70. The minimum atomic E-state index is -4.66. The molecule has 0 spiro atoms. The Bertz CT molecular complexity index is 954. The van der Waals surface area contributed by atoms with Gasteiger partial charge < -0.3 is 14.5 Å². The molecule has 0 saturated carbocycles. The number of aromatic nitrogens is 4. The van der Waals surface area contributed by atoms with Crippen LogP contribution in [-0.2, 0) is 20.5 Å². The van der Waals surface area contributed by atoms with Gasteiger partial charge in [0, 0.05) is 32.1 Å². The van der Waals surface area contributed by atoms with E-state index in [-0.39, 0.29) is 35.8 Å². The maximum Gasteiger partial charge on any atom is 0.453 e.